The van der Waals surface area contributed by atoms with Gasteiger partial charge in [-0.15, -0.1) is 0 Å². The van der Waals surface area contributed by atoms with Crippen molar-refractivity contribution in [3.8, 4) is 0 Å². The summed E-state index contributed by atoms with van der Waals surface area (Å²) in [7, 11) is 0. The van der Waals surface area contributed by atoms with E-state index in [9.17, 15) is 5.11 Å². The van der Waals surface area contributed by atoms with Gasteiger partial charge < -0.3 is 9.84 Å². The maximum Gasteiger partial charge on any atom is 0.0900 e. The highest BCUT2D eigenvalue weighted by molar-refractivity contribution is 4.82. The first-order chi connectivity index (χ1) is 7.93. The molecule has 0 amide bonds. The zero-order chi connectivity index (χ0) is 12.9. The molecule has 0 aromatic rings. The van der Waals surface area contributed by atoms with Crippen LogP contribution in [-0.2, 0) is 4.74 Å². The van der Waals surface area contributed by atoms with Gasteiger partial charge in [-0.2, -0.15) is 0 Å². The number of piperazine rings is 1. The van der Waals surface area contributed by atoms with E-state index in [-0.39, 0.29) is 11.6 Å². The SMILES string of the molecule is CCOC[C@H](O)CN1CCN(C(C)(C)C)CC1. The molecule has 1 saturated heterocycles. The summed E-state index contributed by atoms with van der Waals surface area (Å²) in [5, 5.41) is 9.78. The third kappa shape index (κ3) is 5.34. The van der Waals surface area contributed by atoms with Crippen molar-refractivity contribution in [1.29, 1.82) is 0 Å². The summed E-state index contributed by atoms with van der Waals surface area (Å²) in [6.45, 7) is 14.8. The van der Waals surface area contributed by atoms with Crippen LogP contribution in [0.1, 0.15) is 27.7 Å². The zero-order valence-electron chi connectivity index (χ0n) is 11.8. The van der Waals surface area contributed by atoms with Gasteiger partial charge in [0.1, 0.15) is 0 Å². The van der Waals surface area contributed by atoms with E-state index in [1.807, 2.05) is 6.92 Å². The van der Waals surface area contributed by atoms with Crippen LogP contribution < -0.4 is 0 Å². The smallest absolute Gasteiger partial charge is 0.0900 e. The highest BCUT2D eigenvalue weighted by Crippen LogP contribution is 2.15. The summed E-state index contributed by atoms with van der Waals surface area (Å²) in [5.74, 6) is 0. The van der Waals surface area contributed by atoms with Crippen LogP contribution in [0, 0.1) is 0 Å². The molecule has 4 nitrogen and oxygen atoms in total. The molecule has 1 atom stereocenters. The van der Waals surface area contributed by atoms with Crippen LogP contribution in [-0.4, -0.2) is 72.5 Å². The Morgan fingerprint density at radius 2 is 1.76 bits per heavy atom. The largest absolute Gasteiger partial charge is 0.389 e. The number of β-amino-alcohol motifs (C(OH)–C–C–N with tert-alkyl or cyclic N) is 1. The maximum atomic E-state index is 9.78. The van der Waals surface area contributed by atoms with Crippen molar-refractivity contribution < 1.29 is 9.84 Å². The molecule has 0 aromatic heterocycles. The molecule has 1 N–H and O–H groups in total. The summed E-state index contributed by atoms with van der Waals surface area (Å²) in [6.07, 6.45) is -0.351. The van der Waals surface area contributed by atoms with Crippen LogP contribution in [0.5, 0.6) is 0 Å². The van der Waals surface area contributed by atoms with Crippen molar-refractivity contribution in [2.24, 2.45) is 0 Å². The van der Waals surface area contributed by atoms with Crippen LogP contribution in [0.2, 0.25) is 0 Å². The fraction of sp³-hybridized carbons (Fsp3) is 1.00. The Labute approximate surface area is 106 Å². The summed E-state index contributed by atoms with van der Waals surface area (Å²) in [6, 6.07) is 0. The molecular formula is C13H28N2O2. The third-order valence-corrected chi connectivity index (χ3v) is 3.30. The van der Waals surface area contributed by atoms with E-state index >= 15 is 0 Å². The van der Waals surface area contributed by atoms with Gasteiger partial charge in [-0.3, -0.25) is 9.80 Å². The van der Waals surface area contributed by atoms with E-state index in [0.29, 0.717) is 13.2 Å². The summed E-state index contributed by atoms with van der Waals surface area (Å²) in [5.41, 5.74) is 0.260. The predicted octanol–water partition coefficient (Wildman–Crippen LogP) is 0.800. The fourth-order valence-corrected chi connectivity index (χ4v) is 2.21. The van der Waals surface area contributed by atoms with Crippen molar-refractivity contribution in [2.75, 3.05) is 45.9 Å². The van der Waals surface area contributed by atoms with E-state index in [1.54, 1.807) is 0 Å². The second-order valence-electron chi connectivity index (χ2n) is 5.77. The van der Waals surface area contributed by atoms with Gasteiger partial charge in [0.25, 0.3) is 0 Å². The predicted molar refractivity (Wildman–Crippen MR) is 70.3 cm³/mol. The summed E-state index contributed by atoms with van der Waals surface area (Å²) >= 11 is 0. The minimum atomic E-state index is -0.351. The lowest BCUT2D eigenvalue weighted by molar-refractivity contribution is 0.000315. The number of aliphatic hydroxyl groups excluding tert-OH is 1. The summed E-state index contributed by atoms with van der Waals surface area (Å²) in [4.78, 5) is 4.82. The van der Waals surface area contributed by atoms with Gasteiger partial charge in [0.05, 0.1) is 12.7 Å². The van der Waals surface area contributed by atoms with Gasteiger partial charge in [-0.25, -0.2) is 0 Å². The average molecular weight is 244 g/mol. The lowest BCUT2D eigenvalue weighted by Gasteiger charge is -2.42. The standard InChI is InChI=1S/C13H28N2O2/c1-5-17-11-12(16)10-14-6-8-15(9-7-14)13(2,3)4/h12,16H,5-11H2,1-4H3/t12-/m1/s1. The van der Waals surface area contributed by atoms with Crippen LogP contribution in [0.15, 0.2) is 0 Å². The van der Waals surface area contributed by atoms with Gasteiger partial charge in [0.15, 0.2) is 0 Å². The fourth-order valence-electron chi connectivity index (χ4n) is 2.21. The van der Waals surface area contributed by atoms with Crippen LogP contribution in [0.4, 0.5) is 0 Å². The minimum Gasteiger partial charge on any atom is -0.389 e. The number of aliphatic hydroxyl groups is 1. The Hall–Kier alpha value is -0.160. The second kappa shape index (κ2) is 6.69. The number of nitrogens with zero attached hydrogens (tertiary/aromatic N) is 2. The average Bonchev–Trinajstić information content (AvgIpc) is 2.26. The van der Waals surface area contributed by atoms with E-state index in [4.69, 9.17) is 4.74 Å². The lowest BCUT2D eigenvalue weighted by atomic mass is 10.0. The molecule has 102 valence electrons. The highest BCUT2D eigenvalue weighted by atomic mass is 16.5. The van der Waals surface area contributed by atoms with Crippen LogP contribution in [0.3, 0.4) is 0 Å². The normalized spacial score (nSPS) is 21.7. The molecule has 1 aliphatic rings. The van der Waals surface area contributed by atoms with Gasteiger partial charge in [0, 0.05) is 44.9 Å². The Kier molecular flexibility index (Phi) is 5.86. The van der Waals surface area contributed by atoms with Gasteiger partial charge in [-0.1, -0.05) is 0 Å². The molecule has 0 aromatic carbocycles. The van der Waals surface area contributed by atoms with E-state index in [1.165, 1.54) is 0 Å². The quantitative estimate of drug-likeness (QED) is 0.776. The van der Waals surface area contributed by atoms with Gasteiger partial charge in [-0.05, 0) is 27.7 Å². The molecule has 0 bridgehead atoms. The Morgan fingerprint density at radius 1 is 1.18 bits per heavy atom. The molecular weight excluding hydrogens is 216 g/mol. The molecule has 1 aliphatic heterocycles. The van der Waals surface area contributed by atoms with Gasteiger partial charge in [0.2, 0.25) is 0 Å². The number of rotatable bonds is 5. The van der Waals surface area contributed by atoms with E-state index in [2.05, 4.69) is 30.6 Å². The molecule has 4 heteroatoms. The molecule has 0 unspecified atom stereocenters. The monoisotopic (exact) mass is 244 g/mol. The molecule has 1 heterocycles. The highest BCUT2D eigenvalue weighted by Gasteiger charge is 2.26. The molecule has 0 radical (unpaired) electrons. The van der Waals surface area contributed by atoms with Crippen molar-refractivity contribution in [3.63, 3.8) is 0 Å². The first-order valence-corrected chi connectivity index (χ1v) is 6.66. The summed E-state index contributed by atoms with van der Waals surface area (Å²) < 4.78 is 5.23. The molecule has 0 saturated carbocycles. The number of hydrogen-bond acceptors (Lipinski definition) is 4. The number of hydrogen-bond donors (Lipinski definition) is 1. The van der Waals surface area contributed by atoms with Crippen LogP contribution in [0.25, 0.3) is 0 Å². The Bertz CT molecular complexity index is 208. The first kappa shape index (κ1) is 14.9. The van der Waals surface area contributed by atoms with Crippen LogP contribution >= 0.6 is 0 Å². The Balaban J connectivity index is 2.23. The van der Waals surface area contributed by atoms with Crippen molar-refractivity contribution in [2.45, 2.75) is 39.3 Å². The molecule has 0 spiro atoms. The van der Waals surface area contributed by atoms with Crippen molar-refractivity contribution in [3.05, 3.63) is 0 Å². The first-order valence-electron chi connectivity index (χ1n) is 6.66. The molecule has 1 fully saturated rings. The third-order valence-electron chi connectivity index (χ3n) is 3.30. The topological polar surface area (TPSA) is 35.9 Å². The molecule has 17 heavy (non-hydrogen) atoms. The second-order valence-corrected chi connectivity index (χ2v) is 5.77. The van der Waals surface area contributed by atoms with E-state index < -0.39 is 0 Å². The molecule has 1 rings (SSSR count). The zero-order valence-corrected chi connectivity index (χ0v) is 11.8. The molecule has 0 aliphatic carbocycles. The number of ether oxygens (including phenoxy) is 1. The van der Waals surface area contributed by atoms with Gasteiger partial charge >= 0.3 is 0 Å². The maximum absolute atomic E-state index is 9.78. The lowest BCUT2D eigenvalue weighted by Crippen LogP contribution is -2.54. The van der Waals surface area contributed by atoms with Crippen molar-refractivity contribution >= 4 is 0 Å². The minimum absolute atomic E-state index is 0.260. The Morgan fingerprint density at radius 3 is 2.24 bits per heavy atom. The van der Waals surface area contributed by atoms with Crippen molar-refractivity contribution in [1.82, 2.24) is 9.80 Å². The van der Waals surface area contributed by atoms with E-state index in [0.717, 1.165) is 32.7 Å².